The van der Waals surface area contributed by atoms with Crippen molar-refractivity contribution in [1.29, 1.82) is 0 Å². The summed E-state index contributed by atoms with van der Waals surface area (Å²) < 4.78 is 31.9. The van der Waals surface area contributed by atoms with Gasteiger partial charge in [-0.3, -0.25) is 9.59 Å². The van der Waals surface area contributed by atoms with E-state index in [0.29, 0.717) is 54.7 Å². The number of ether oxygens (including phenoxy) is 1. The van der Waals surface area contributed by atoms with Crippen LogP contribution in [0.2, 0.25) is 0 Å². The Morgan fingerprint density at radius 2 is 1.72 bits per heavy atom. The molecule has 0 saturated heterocycles. The van der Waals surface area contributed by atoms with Gasteiger partial charge in [0.2, 0.25) is 5.91 Å². The number of carbonyl (C=O) groups excluding carboxylic acids is 4. The standard InChI is InChI=1S/C38H46N4O7S/c1-23-16-26(33(22-43)40-29-11-10-25-20-39-36(45)32(25)19-29)17-24(2)31(23)8-7-9-35(44)41-28-12-15-34(50(47,48)30-13-14-30)27(18-28)21-42(6)37(46)49-38(3,4)5/h10-12,15-19,22,30,33,40H,7-9,13-14,20-21H2,1-6H3,(H,39,45)(H,41,44). The first kappa shape index (κ1) is 36.6. The van der Waals surface area contributed by atoms with E-state index in [1.165, 1.54) is 11.0 Å². The monoisotopic (exact) mass is 702 g/mol. The molecule has 3 N–H and O–H groups in total. The minimum atomic E-state index is -3.56. The molecule has 3 aromatic carbocycles. The first-order valence-corrected chi connectivity index (χ1v) is 18.4. The zero-order chi connectivity index (χ0) is 36.4. The summed E-state index contributed by atoms with van der Waals surface area (Å²) >= 11 is 0. The lowest BCUT2D eigenvalue weighted by molar-refractivity contribution is -0.116. The number of carbonyl (C=O) groups is 4. The molecule has 0 spiro atoms. The van der Waals surface area contributed by atoms with Crippen molar-refractivity contribution in [3.8, 4) is 0 Å². The number of nitrogens with one attached hydrogen (secondary N) is 3. The van der Waals surface area contributed by atoms with Gasteiger partial charge >= 0.3 is 6.09 Å². The summed E-state index contributed by atoms with van der Waals surface area (Å²) in [6, 6.07) is 13.6. The van der Waals surface area contributed by atoms with E-state index in [2.05, 4.69) is 16.0 Å². The molecule has 12 heteroatoms. The molecular weight excluding hydrogens is 657 g/mol. The average Bonchev–Trinajstić information content (AvgIpc) is 3.84. The summed E-state index contributed by atoms with van der Waals surface area (Å²) in [6.07, 6.45) is 2.94. The summed E-state index contributed by atoms with van der Waals surface area (Å²) in [5.74, 6) is -0.337. The maximum atomic E-state index is 13.2. The van der Waals surface area contributed by atoms with Crippen molar-refractivity contribution in [3.63, 3.8) is 0 Å². The highest BCUT2D eigenvalue weighted by atomic mass is 32.2. The van der Waals surface area contributed by atoms with Gasteiger partial charge in [0.15, 0.2) is 9.84 Å². The van der Waals surface area contributed by atoms with Gasteiger partial charge in [-0.05, 0) is 124 Å². The van der Waals surface area contributed by atoms with Crippen molar-refractivity contribution in [1.82, 2.24) is 10.2 Å². The van der Waals surface area contributed by atoms with Gasteiger partial charge in [-0.2, -0.15) is 0 Å². The molecular formula is C38H46N4O7S. The van der Waals surface area contributed by atoms with Crippen LogP contribution in [0.25, 0.3) is 0 Å². The molecule has 266 valence electrons. The Morgan fingerprint density at radius 3 is 2.36 bits per heavy atom. The van der Waals surface area contributed by atoms with E-state index in [1.807, 2.05) is 38.1 Å². The van der Waals surface area contributed by atoms with E-state index in [4.69, 9.17) is 4.74 Å². The lowest BCUT2D eigenvalue weighted by atomic mass is 9.93. The number of hydrogen-bond donors (Lipinski definition) is 3. The van der Waals surface area contributed by atoms with Gasteiger partial charge in [0.1, 0.15) is 17.9 Å². The fraction of sp³-hybridized carbons (Fsp3) is 0.421. The van der Waals surface area contributed by atoms with Crippen LogP contribution in [0.5, 0.6) is 0 Å². The second kappa shape index (κ2) is 14.6. The lowest BCUT2D eigenvalue weighted by Crippen LogP contribution is -2.34. The van der Waals surface area contributed by atoms with Crippen LogP contribution in [0.3, 0.4) is 0 Å². The molecule has 3 aromatic rings. The van der Waals surface area contributed by atoms with Crippen molar-refractivity contribution >= 4 is 45.4 Å². The molecule has 0 aromatic heterocycles. The van der Waals surface area contributed by atoms with Crippen molar-refractivity contribution in [2.45, 2.75) is 102 Å². The SMILES string of the molecule is Cc1cc(C(C=O)Nc2ccc3c(c2)C(=O)NC3)cc(C)c1CCCC(=O)Nc1ccc(S(=O)(=O)C2CC2)c(CN(C)C(=O)OC(C)(C)C)c1. The van der Waals surface area contributed by atoms with Crippen LogP contribution in [0.1, 0.15) is 96.2 Å². The molecule has 50 heavy (non-hydrogen) atoms. The molecule has 0 bridgehead atoms. The Labute approximate surface area is 294 Å². The molecule has 1 aliphatic heterocycles. The molecule has 1 atom stereocenters. The number of hydrogen-bond acceptors (Lipinski definition) is 8. The van der Waals surface area contributed by atoms with Crippen LogP contribution in [-0.2, 0) is 43.7 Å². The summed E-state index contributed by atoms with van der Waals surface area (Å²) in [7, 11) is -2.01. The molecule has 1 aliphatic carbocycles. The van der Waals surface area contributed by atoms with Crippen molar-refractivity contribution in [2.24, 2.45) is 0 Å². The number of amides is 3. The quantitative estimate of drug-likeness (QED) is 0.179. The van der Waals surface area contributed by atoms with Crippen LogP contribution in [0, 0.1) is 13.8 Å². The van der Waals surface area contributed by atoms with E-state index in [0.717, 1.165) is 34.1 Å². The zero-order valence-electron chi connectivity index (χ0n) is 29.5. The molecule has 1 fully saturated rings. The Hall–Kier alpha value is -4.71. The Balaban J connectivity index is 1.22. The number of aryl methyl sites for hydroxylation is 2. The van der Waals surface area contributed by atoms with E-state index < -0.39 is 32.8 Å². The number of anilines is 2. The predicted molar refractivity (Wildman–Crippen MR) is 192 cm³/mol. The zero-order valence-corrected chi connectivity index (χ0v) is 30.3. The maximum Gasteiger partial charge on any atom is 0.410 e. The highest BCUT2D eigenvalue weighted by Gasteiger charge is 2.38. The van der Waals surface area contributed by atoms with E-state index in [-0.39, 0.29) is 29.7 Å². The first-order chi connectivity index (χ1) is 23.5. The fourth-order valence-corrected chi connectivity index (χ4v) is 8.07. The number of nitrogens with zero attached hydrogens (tertiary/aromatic N) is 1. The molecule has 1 heterocycles. The summed E-state index contributed by atoms with van der Waals surface area (Å²) in [4.78, 5) is 51.4. The molecule has 3 amide bonds. The van der Waals surface area contributed by atoms with Crippen molar-refractivity contribution in [3.05, 3.63) is 87.5 Å². The summed E-state index contributed by atoms with van der Waals surface area (Å²) in [6.45, 7) is 9.76. The molecule has 5 rings (SSSR count). The van der Waals surface area contributed by atoms with Gasteiger partial charge in [-0.15, -0.1) is 0 Å². The second-order valence-corrected chi connectivity index (χ2v) is 16.4. The van der Waals surface area contributed by atoms with Gasteiger partial charge < -0.3 is 30.4 Å². The number of rotatable bonds is 13. The minimum Gasteiger partial charge on any atom is -0.444 e. The Bertz CT molecular complexity index is 1910. The molecule has 11 nitrogen and oxygen atoms in total. The highest BCUT2D eigenvalue weighted by Crippen LogP contribution is 2.36. The third-order valence-electron chi connectivity index (χ3n) is 8.89. The van der Waals surface area contributed by atoms with Crippen molar-refractivity contribution < 1.29 is 32.3 Å². The van der Waals surface area contributed by atoms with Crippen LogP contribution in [0.4, 0.5) is 16.2 Å². The molecule has 1 saturated carbocycles. The van der Waals surface area contributed by atoms with Gasteiger partial charge in [0.05, 0.1) is 16.7 Å². The molecule has 1 unspecified atom stereocenters. The topological polar surface area (TPSA) is 151 Å². The lowest BCUT2D eigenvalue weighted by Gasteiger charge is -2.25. The average molecular weight is 703 g/mol. The number of fused-ring (bicyclic) bond motifs is 1. The number of benzene rings is 3. The maximum absolute atomic E-state index is 13.2. The van der Waals surface area contributed by atoms with Crippen LogP contribution in [-0.4, -0.2) is 55.4 Å². The minimum absolute atomic E-state index is 0.000587. The third-order valence-corrected chi connectivity index (χ3v) is 11.2. The van der Waals surface area contributed by atoms with Gasteiger partial charge in [-0.1, -0.05) is 18.2 Å². The van der Waals surface area contributed by atoms with Gasteiger partial charge in [-0.25, -0.2) is 13.2 Å². The Kier molecular flexibility index (Phi) is 10.7. The number of aldehydes is 1. The van der Waals surface area contributed by atoms with Gasteiger partial charge in [0, 0.05) is 37.0 Å². The van der Waals surface area contributed by atoms with Gasteiger partial charge in [0.25, 0.3) is 5.91 Å². The largest absolute Gasteiger partial charge is 0.444 e. The second-order valence-electron chi connectivity index (χ2n) is 14.3. The van der Waals surface area contributed by atoms with E-state index >= 15 is 0 Å². The number of sulfone groups is 1. The van der Waals surface area contributed by atoms with E-state index in [9.17, 15) is 27.6 Å². The molecule has 2 aliphatic rings. The first-order valence-electron chi connectivity index (χ1n) is 16.9. The summed E-state index contributed by atoms with van der Waals surface area (Å²) in [5.41, 5.74) is 6.30. The highest BCUT2D eigenvalue weighted by molar-refractivity contribution is 7.92. The Morgan fingerprint density at radius 1 is 1.04 bits per heavy atom. The summed E-state index contributed by atoms with van der Waals surface area (Å²) in [5, 5.41) is 8.51. The third kappa shape index (κ3) is 8.71. The van der Waals surface area contributed by atoms with Crippen LogP contribution in [0.15, 0.2) is 53.4 Å². The normalized spacial score (nSPS) is 14.7. The fourth-order valence-electron chi connectivity index (χ4n) is 6.20. The van der Waals surface area contributed by atoms with Crippen LogP contribution >= 0.6 is 0 Å². The predicted octanol–water partition coefficient (Wildman–Crippen LogP) is 6.16. The van der Waals surface area contributed by atoms with Crippen LogP contribution < -0.4 is 16.0 Å². The van der Waals surface area contributed by atoms with Crippen molar-refractivity contribution in [2.75, 3.05) is 17.7 Å². The van der Waals surface area contributed by atoms with E-state index in [1.54, 1.807) is 46.0 Å². The smallest absolute Gasteiger partial charge is 0.410 e. The molecule has 0 radical (unpaired) electrons.